The summed E-state index contributed by atoms with van der Waals surface area (Å²) in [7, 11) is -3.71. The van der Waals surface area contributed by atoms with Gasteiger partial charge in [-0.1, -0.05) is 29.0 Å². The predicted octanol–water partition coefficient (Wildman–Crippen LogP) is 3.52. The van der Waals surface area contributed by atoms with Crippen LogP contribution >= 0.6 is 0 Å². The van der Waals surface area contributed by atoms with Crippen molar-refractivity contribution >= 4 is 10.0 Å². The monoisotopic (exact) mass is 336 g/mol. The van der Waals surface area contributed by atoms with Gasteiger partial charge < -0.3 is 4.52 Å². The summed E-state index contributed by atoms with van der Waals surface area (Å²) in [4.78, 5) is 0.175. The SMILES string of the molecule is C=CCC1C=C(C)CC(CC=C)N1S(=O)(=O)c1c(C)noc1C. The van der Waals surface area contributed by atoms with E-state index in [0.717, 1.165) is 0 Å². The lowest BCUT2D eigenvalue weighted by molar-refractivity contribution is 0.261. The van der Waals surface area contributed by atoms with Crippen LogP contribution in [0.25, 0.3) is 0 Å². The summed E-state index contributed by atoms with van der Waals surface area (Å²) < 4.78 is 33.2. The smallest absolute Gasteiger partial charge is 0.249 e. The Bertz CT molecular complexity index is 712. The van der Waals surface area contributed by atoms with Crippen molar-refractivity contribution in [2.24, 2.45) is 0 Å². The van der Waals surface area contributed by atoms with E-state index in [1.165, 1.54) is 5.57 Å². The maximum atomic E-state index is 13.3. The van der Waals surface area contributed by atoms with Gasteiger partial charge in [0.25, 0.3) is 0 Å². The second-order valence-corrected chi connectivity index (χ2v) is 7.76. The summed E-state index contributed by atoms with van der Waals surface area (Å²) in [5.41, 5.74) is 1.58. The van der Waals surface area contributed by atoms with Crippen molar-refractivity contribution in [1.29, 1.82) is 0 Å². The number of aromatic nitrogens is 1. The van der Waals surface area contributed by atoms with E-state index in [0.29, 0.717) is 30.7 Å². The number of hydrogen-bond acceptors (Lipinski definition) is 4. The second kappa shape index (κ2) is 6.84. The molecule has 0 amide bonds. The Morgan fingerprint density at radius 1 is 1.30 bits per heavy atom. The lowest BCUT2D eigenvalue weighted by atomic mass is 9.95. The molecule has 2 atom stereocenters. The quantitative estimate of drug-likeness (QED) is 0.746. The zero-order valence-electron chi connectivity index (χ0n) is 13.9. The third-order valence-electron chi connectivity index (χ3n) is 4.07. The van der Waals surface area contributed by atoms with Gasteiger partial charge >= 0.3 is 0 Å². The Labute approximate surface area is 138 Å². The average molecular weight is 336 g/mol. The van der Waals surface area contributed by atoms with Gasteiger partial charge in [-0.2, -0.15) is 4.31 Å². The Morgan fingerprint density at radius 2 is 1.96 bits per heavy atom. The van der Waals surface area contributed by atoms with E-state index in [9.17, 15) is 8.42 Å². The molecule has 1 aromatic heterocycles. The molecule has 5 nitrogen and oxygen atoms in total. The molecule has 1 aliphatic heterocycles. The first-order valence-corrected chi connectivity index (χ1v) is 9.12. The highest BCUT2D eigenvalue weighted by Gasteiger charge is 2.40. The maximum absolute atomic E-state index is 13.3. The third-order valence-corrected chi connectivity index (χ3v) is 6.29. The molecule has 2 rings (SSSR count). The first-order valence-electron chi connectivity index (χ1n) is 7.68. The average Bonchev–Trinajstić information content (AvgIpc) is 2.78. The number of nitrogens with zero attached hydrogens (tertiary/aromatic N) is 2. The van der Waals surface area contributed by atoms with Crippen molar-refractivity contribution in [3.8, 4) is 0 Å². The third kappa shape index (κ3) is 3.33. The van der Waals surface area contributed by atoms with Gasteiger partial charge in [0.15, 0.2) is 5.76 Å². The minimum atomic E-state index is -3.71. The fourth-order valence-corrected chi connectivity index (χ4v) is 5.33. The normalized spacial score (nSPS) is 22.7. The summed E-state index contributed by atoms with van der Waals surface area (Å²) >= 11 is 0. The van der Waals surface area contributed by atoms with Crippen molar-refractivity contribution in [2.45, 2.75) is 57.0 Å². The summed E-state index contributed by atoms with van der Waals surface area (Å²) in [5, 5.41) is 3.80. The van der Waals surface area contributed by atoms with E-state index in [4.69, 9.17) is 4.52 Å². The predicted molar refractivity (Wildman–Crippen MR) is 90.6 cm³/mol. The van der Waals surface area contributed by atoms with Crippen LogP contribution in [0.4, 0.5) is 0 Å². The van der Waals surface area contributed by atoms with E-state index >= 15 is 0 Å². The fourth-order valence-electron chi connectivity index (χ4n) is 3.25. The molecule has 0 fully saturated rings. The lowest BCUT2D eigenvalue weighted by Gasteiger charge is -2.39. The standard InChI is InChI=1S/C17H24N2O3S/c1-6-8-15-10-12(3)11-16(9-7-2)19(15)23(20,21)17-13(4)18-22-14(17)5/h6-7,10,15-16H,1-2,8-9,11H2,3-5H3. The molecule has 0 radical (unpaired) electrons. The molecule has 2 unspecified atom stereocenters. The summed E-state index contributed by atoms with van der Waals surface area (Å²) in [6, 6.07) is -0.397. The molecule has 6 heteroatoms. The number of rotatable bonds is 6. The highest BCUT2D eigenvalue weighted by Crippen LogP contribution is 2.34. The first-order chi connectivity index (χ1) is 10.8. The van der Waals surface area contributed by atoms with Gasteiger partial charge in [0, 0.05) is 12.1 Å². The molecule has 126 valence electrons. The van der Waals surface area contributed by atoms with Gasteiger partial charge in [0.2, 0.25) is 10.0 Å². The fraction of sp³-hybridized carbons (Fsp3) is 0.471. The van der Waals surface area contributed by atoms with Gasteiger partial charge in [-0.25, -0.2) is 8.42 Å². The Hall–Kier alpha value is -1.66. The van der Waals surface area contributed by atoms with Gasteiger partial charge in [0.05, 0.1) is 0 Å². The van der Waals surface area contributed by atoms with Crippen LogP contribution in [0.15, 0.2) is 46.4 Å². The minimum absolute atomic E-state index is 0.152. The van der Waals surface area contributed by atoms with E-state index in [1.807, 2.05) is 13.0 Å². The summed E-state index contributed by atoms with van der Waals surface area (Å²) in [6.45, 7) is 12.9. The molecule has 0 saturated carbocycles. The van der Waals surface area contributed by atoms with Crippen LogP contribution in [0.3, 0.4) is 0 Å². The van der Waals surface area contributed by atoms with E-state index in [-0.39, 0.29) is 17.0 Å². The molecule has 0 aliphatic carbocycles. The van der Waals surface area contributed by atoms with Crippen LogP contribution in [0.5, 0.6) is 0 Å². The summed E-state index contributed by atoms with van der Waals surface area (Å²) in [5.74, 6) is 0.323. The van der Waals surface area contributed by atoms with Crippen molar-refractivity contribution < 1.29 is 12.9 Å². The lowest BCUT2D eigenvalue weighted by Crippen LogP contribution is -2.48. The van der Waals surface area contributed by atoms with Crippen molar-refractivity contribution in [3.63, 3.8) is 0 Å². The van der Waals surface area contributed by atoms with Crippen LogP contribution in [0.2, 0.25) is 0 Å². The number of hydrogen-bond donors (Lipinski definition) is 0. The highest BCUT2D eigenvalue weighted by molar-refractivity contribution is 7.89. The zero-order chi connectivity index (χ0) is 17.2. The molecule has 1 aliphatic rings. The van der Waals surface area contributed by atoms with E-state index in [2.05, 4.69) is 18.3 Å². The molecule has 0 spiro atoms. The molecule has 1 aromatic rings. The molecule has 23 heavy (non-hydrogen) atoms. The molecular weight excluding hydrogens is 312 g/mol. The van der Waals surface area contributed by atoms with Crippen LogP contribution in [-0.2, 0) is 10.0 Å². The Kier molecular flexibility index (Phi) is 5.26. The second-order valence-electron chi connectivity index (χ2n) is 5.98. The van der Waals surface area contributed by atoms with E-state index in [1.54, 1.807) is 30.3 Å². The molecule has 2 heterocycles. The summed E-state index contributed by atoms with van der Waals surface area (Å²) in [6.07, 6.45) is 7.39. The molecular formula is C17H24N2O3S. The largest absolute Gasteiger partial charge is 0.360 e. The maximum Gasteiger partial charge on any atom is 0.249 e. The topological polar surface area (TPSA) is 63.4 Å². The molecule has 0 saturated heterocycles. The zero-order valence-corrected chi connectivity index (χ0v) is 14.8. The molecule has 0 bridgehead atoms. The van der Waals surface area contributed by atoms with E-state index < -0.39 is 10.0 Å². The molecule has 0 N–H and O–H groups in total. The molecule has 0 aromatic carbocycles. The first kappa shape index (κ1) is 17.7. The Balaban J connectivity index is 2.57. The van der Waals surface area contributed by atoms with Crippen LogP contribution in [-0.4, -0.2) is 30.0 Å². The van der Waals surface area contributed by atoms with Crippen LogP contribution < -0.4 is 0 Å². The van der Waals surface area contributed by atoms with Gasteiger partial charge in [0.1, 0.15) is 10.6 Å². The Morgan fingerprint density at radius 3 is 2.48 bits per heavy atom. The van der Waals surface area contributed by atoms with Crippen molar-refractivity contribution in [1.82, 2.24) is 9.46 Å². The highest BCUT2D eigenvalue weighted by atomic mass is 32.2. The number of aryl methyl sites for hydroxylation is 2. The van der Waals surface area contributed by atoms with Crippen molar-refractivity contribution in [2.75, 3.05) is 0 Å². The van der Waals surface area contributed by atoms with Crippen LogP contribution in [0, 0.1) is 13.8 Å². The van der Waals surface area contributed by atoms with Crippen molar-refractivity contribution in [3.05, 3.63) is 48.4 Å². The van der Waals surface area contributed by atoms with Gasteiger partial charge in [-0.15, -0.1) is 13.2 Å². The van der Waals surface area contributed by atoms with Crippen LogP contribution in [0.1, 0.15) is 37.6 Å². The number of sulfonamides is 1. The van der Waals surface area contributed by atoms with Gasteiger partial charge in [-0.05, 0) is 40.0 Å². The minimum Gasteiger partial charge on any atom is -0.360 e. The van der Waals surface area contributed by atoms with Gasteiger partial charge in [-0.3, -0.25) is 0 Å².